The number of carbonyl (C=O) groups is 1. The number of esters is 1. The second-order valence-electron chi connectivity index (χ2n) is 12.0. The van der Waals surface area contributed by atoms with Gasteiger partial charge in [0.15, 0.2) is 0 Å². The highest BCUT2D eigenvalue weighted by atomic mass is 16.6. The second kappa shape index (κ2) is 9.56. The van der Waals surface area contributed by atoms with Crippen molar-refractivity contribution in [1.29, 1.82) is 0 Å². The number of nitrogens with zero attached hydrogens (tertiary/aromatic N) is 1. The molecular weight excluding hydrogens is 458 g/mol. The Hall–Kier alpha value is -2.69. The number of likely N-dealkylation sites (tertiary alicyclic amines) is 1. The largest absolute Gasteiger partial charge is 0.461 e. The van der Waals surface area contributed by atoms with Crippen LogP contribution in [0.4, 0.5) is 0 Å². The number of piperidine rings is 1. The van der Waals surface area contributed by atoms with Crippen LogP contribution in [0.5, 0.6) is 0 Å². The number of hydrogen-bond acceptors (Lipinski definition) is 4. The van der Waals surface area contributed by atoms with E-state index in [-0.39, 0.29) is 35.2 Å². The number of ether oxygens (including phenoxy) is 1. The van der Waals surface area contributed by atoms with E-state index in [9.17, 15) is 9.90 Å². The lowest BCUT2D eigenvalue weighted by Crippen LogP contribution is -2.46. The number of aliphatic hydroxyl groups is 1. The first-order valence-electron chi connectivity index (χ1n) is 14.0. The summed E-state index contributed by atoms with van der Waals surface area (Å²) in [5, 5.41) is 12.2. The molecule has 2 aliphatic carbocycles. The minimum Gasteiger partial charge on any atom is -0.461 e. The van der Waals surface area contributed by atoms with Crippen LogP contribution in [-0.2, 0) is 15.1 Å². The SMILES string of the molecule is CC1=CCCC2(C)CC3OC(=O)C(CN4CCC(C(O)(c5ccccc5)c5ccccc5)CC4)C3C=C12. The fraction of sp³-hybridized carbons (Fsp3) is 0.485. The maximum Gasteiger partial charge on any atom is 0.311 e. The van der Waals surface area contributed by atoms with E-state index in [0.717, 1.165) is 62.9 Å². The van der Waals surface area contributed by atoms with Crippen LogP contribution in [0.1, 0.15) is 57.1 Å². The van der Waals surface area contributed by atoms with Crippen molar-refractivity contribution in [2.75, 3.05) is 19.6 Å². The predicted molar refractivity (Wildman–Crippen MR) is 146 cm³/mol. The summed E-state index contributed by atoms with van der Waals surface area (Å²) in [6, 6.07) is 20.2. The Bertz CT molecular complexity index is 1160. The number of carbonyl (C=O) groups excluding carboxylic acids is 1. The van der Waals surface area contributed by atoms with Crippen LogP contribution in [0, 0.1) is 23.2 Å². The standard InChI is InChI=1S/C33H39NO3/c1-23-10-9-17-32(2)21-30-27(20-29(23)32)28(31(35)37-30)22-34-18-15-26(16-19-34)33(36,24-11-5-3-6-12-24)25-13-7-4-8-14-25/h3-8,10-14,20,26-28,30,36H,9,15-19,21-22H2,1-2H3. The van der Waals surface area contributed by atoms with E-state index in [2.05, 4.69) is 30.9 Å². The first-order valence-corrected chi connectivity index (χ1v) is 14.0. The van der Waals surface area contributed by atoms with E-state index < -0.39 is 5.60 Å². The van der Waals surface area contributed by atoms with Crippen molar-refractivity contribution in [3.8, 4) is 0 Å². The average Bonchev–Trinajstić information content (AvgIpc) is 3.21. The molecule has 2 aromatic carbocycles. The predicted octanol–water partition coefficient (Wildman–Crippen LogP) is 5.87. The van der Waals surface area contributed by atoms with Crippen LogP contribution < -0.4 is 0 Å². The van der Waals surface area contributed by atoms with Crippen molar-refractivity contribution in [3.63, 3.8) is 0 Å². The number of rotatable bonds is 5. The second-order valence-corrected chi connectivity index (χ2v) is 12.0. The molecule has 2 heterocycles. The third kappa shape index (κ3) is 4.28. The molecule has 0 saturated carbocycles. The van der Waals surface area contributed by atoms with Gasteiger partial charge in [0.25, 0.3) is 0 Å². The Morgan fingerprint density at radius 1 is 1.03 bits per heavy atom. The highest BCUT2D eigenvalue weighted by Crippen LogP contribution is 2.52. The van der Waals surface area contributed by atoms with E-state index in [1.165, 1.54) is 11.1 Å². The van der Waals surface area contributed by atoms with Gasteiger partial charge < -0.3 is 14.7 Å². The minimum absolute atomic E-state index is 0.0101. The molecular formula is C33H39NO3. The molecule has 4 nitrogen and oxygen atoms in total. The summed E-state index contributed by atoms with van der Waals surface area (Å²) in [6.45, 7) is 7.06. The summed E-state index contributed by atoms with van der Waals surface area (Å²) >= 11 is 0. The van der Waals surface area contributed by atoms with Crippen LogP contribution in [0.15, 0.2) is 84.0 Å². The summed E-state index contributed by atoms with van der Waals surface area (Å²) < 4.78 is 5.99. The van der Waals surface area contributed by atoms with Crippen LogP contribution in [0.25, 0.3) is 0 Å². The van der Waals surface area contributed by atoms with Gasteiger partial charge in [0.1, 0.15) is 11.7 Å². The highest BCUT2D eigenvalue weighted by Gasteiger charge is 2.51. The fourth-order valence-electron chi connectivity index (χ4n) is 7.67. The fourth-order valence-corrected chi connectivity index (χ4v) is 7.67. The summed E-state index contributed by atoms with van der Waals surface area (Å²) in [6.07, 6.45) is 9.73. The molecule has 2 saturated heterocycles. The van der Waals surface area contributed by atoms with Gasteiger partial charge in [0.2, 0.25) is 0 Å². The third-order valence-corrected chi connectivity index (χ3v) is 9.76. The molecule has 0 spiro atoms. The van der Waals surface area contributed by atoms with Gasteiger partial charge in [-0.1, -0.05) is 85.3 Å². The number of hydrogen-bond donors (Lipinski definition) is 1. The topological polar surface area (TPSA) is 49.8 Å². The third-order valence-electron chi connectivity index (χ3n) is 9.76. The molecule has 37 heavy (non-hydrogen) atoms. The van der Waals surface area contributed by atoms with Gasteiger partial charge in [-0.3, -0.25) is 4.79 Å². The Morgan fingerprint density at radius 2 is 1.65 bits per heavy atom. The zero-order chi connectivity index (χ0) is 25.6. The molecule has 6 rings (SSSR count). The molecule has 2 fully saturated rings. The van der Waals surface area contributed by atoms with E-state index in [4.69, 9.17) is 4.74 Å². The molecule has 0 aromatic heterocycles. The zero-order valence-electron chi connectivity index (χ0n) is 22.1. The van der Waals surface area contributed by atoms with Gasteiger partial charge in [-0.05, 0) is 80.2 Å². The molecule has 0 amide bonds. The van der Waals surface area contributed by atoms with Crippen LogP contribution in [0.3, 0.4) is 0 Å². The quantitative estimate of drug-likeness (QED) is 0.525. The van der Waals surface area contributed by atoms with Crippen molar-refractivity contribution in [3.05, 3.63) is 95.1 Å². The Balaban J connectivity index is 1.18. The van der Waals surface area contributed by atoms with Crippen molar-refractivity contribution < 1.29 is 14.6 Å². The van der Waals surface area contributed by atoms with E-state index in [1.54, 1.807) is 0 Å². The molecule has 4 unspecified atom stereocenters. The summed E-state index contributed by atoms with van der Waals surface area (Å²) in [7, 11) is 0. The molecule has 4 heteroatoms. The van der Waals surface area contributed by atoms with E-state index >= 15 is 0 Å². The van der Waals surface area contributed by atoms with Crippen LogP contribution in [-0.4, -0.2) is 41.7 Å². The molecule has 4 atom stereocenters. The summed E-state index contributed by atoms with van der Waals surface area (Å²) in [5.74, 6) is 0.156. The van der Waals surface area contributed by atoms with Crippen molar-refractivity contribution in [1.82, 2.24) is 4.90 Å². The van der Waals surface area contributed by atoms with Crippen molar-refractivity contribution >= 4 is 5.97 Å². The monoisotopic (exact) mass is 497 g/mol. The number of fused-ring (bicyclic) bond motifs is 2. The Morgan fingerprint density at radius 3 is 2.27 bits per heavy atom. The van der Waals surface area contributed by atoms with Crippen molar-refractivity contribution in [2.24, 2.45) is 23.2 Å². The van der Waals surface area contributed by atoms with Gasteiger partial charge in [-0.15, -0.1) is 0 Å². The van der Waals surface area contributed by atoms with Gasteiger partial charge in [0.05, 0.1) is 5.92 Å². The maximum absolute atomic E-state index is 13.1. The summed E-state index contributed by atoms with van der Waals surface area (Å²) in [4.78, 5) is 15.5. The van der Waals surface area contributed by atoms with Gasteiger partial charge in [-0.2, -0.15) is 0 Å². The lowest BCUT2D eigenvalue weighted by atomic mass is 9.62. The van der Waals surface area contributed by atoms with Gasteiger partial charge in [0, 0.05) is 12.5 Å². The maximum atomic E-state index is 13.1. The Labute approximate surface area is 221 Å². The molecule has 1 N–H and O–H groups in total. The lowest BCUT2D eigenvalue weighted by Gasteiger charge is -2.44. The number of allylic oxidation sites excluding steroid dienone is 3. The molecule has 2 aliphatic heterocycles. The highest BCUT2D eigenvalue weighted by molar-refractivity contribution is 5.76. The lowest BCUT2D eigenvalue weighted by molar-refractivity contribution is -0.145. The molecule has 4 aliphatic rings. The smallest absolute Gasteiger partial charge is 0.311 e. The van der Waals surface area contributed by atoms with Crippen LogP contribution >= 0.6 is 0 Å². The minimum atomic E-state index is -1.02. The van der Waals surface area contributed by atoms with Crippen LogP contribution in [0.2, 0.25) is 0 Å². The zero-order valence-corrected chi connectivity index (χ0v) is 22.1. The van der Waals surface area contributed by atoms with E-state index in [1.807, 2.05) is 60.7 Å². The first kappa shape index (κ1) is 24.6. The molecule has 194 valence electrons. The Kier molecular flexibility index (Phi) is 6.37. The molecule has 0 radical (unpaired) electrons. The summed E-state index contributed by atoms with van der Waals surface area (Å²) in [5.41, 5.74) is 3.84. The normalized spacial score (nSPS) is 30.7. The number of benzene rings is 2. The van der Waals surface area contributed by atoms with Gasteiger partial charge >= 0.3 is 5.97 Å². The van der Waals surface area contributed by atoms with E-state index in [0.29, 0.717) is 0 Å². The van der Waals surface area contributed by atoms with Crippen molar-refractivity contribution in [2.45, 2.75) is 57.7 Å². The molecule has 2 aromatic rings. The average molecular weight is 498 g/mol. The molecule has 0 bridgehead atoms. The van der Waals surface area contributed by atoms with Gasteiger partial charge in [-0.25, -0.2) is 0 Å². The first-order chi connectivity index (χ1) is 17.9.